The van der Waals surface area contributed by atoms with E-state index in [2.05, 4.69) is 0 Å². The van der Waals surface area contributed by atoms with Gasteiger partial charge in [0.25, 0.3) is 0 Å². The van der Waals surface area contributed by atoms with Crippen molar-refractivity contribution in [3.05, 3.63) is 33.8 Å². The van der Waals surface area contributed by atoms with E-state index in [1.807, 2.05) is 0 Å². The van der Waals surface area contributed by atoms with Crippen molar-refractivity contribution in [2.45, 2.75) is 18.9 Å². The molecule has 1 nitrogen and oxygen atoms in total. The van der Waals surface area contributed by atoms with Crippen LogP contribution in [-0.4, -0.2) is 6.43 Å². The molecule has 0 unspecified atom stereocenters. The summed E-state index contributed by atoms with van der Waals surface area (Å²) in [5.41, 5.74) is 6.07. The third kappa shape index (κ3) is 4.98. The Balaban J connectivity index is 0.00000196. The molecule has 86 valence electrons. The van der Waals surface area contributed by atoms with Gasteiger partial charge >= 0.3 is 0 Å². The zero-order valence-electron chi connectivity index (χ0n) is 7.59. The van der Waals surface area contributed by atoms with E-state index < -0.39 is 18.9 Å². The van der Waals surface area contributed by atoms with Crippen LogP contribution in [0, 0.1) is 0 Å². The Bertz CT molecular complexity index is 300. The van der Waals surface area contributed by atoms with Crippen LogP contribution >= 0.6 is 35.6 Å². The predicted molar refractivity (Wildman–Crippen MR) is 61.3 cm³/mol. The van der Waals surface area contributed by atoms with Crippen molar-refractivity contribution in [2.75, 3.05) is 0 Å². The van der Waals surface area contributed by atoms with Crippen LogP contribution in [0.1, 0.15) is 18.0 Å². The van der Waals surface area contributed by atoms with Crippen LogP contribution < -0.4 is 5.73 Å². The molecule has 0 saturated carbocycles. The number of hydrogen-bond donors (Lipinski definition) is 1. The van der Waals surface area contributed by atoms with Gasteiger partial charge in [-0.25, -0.2) is 8.78 Å². The molecule has 0 aliphatic rings. The van der Waals surface area contributed by atoms with Crippen molar-refractivity contribution in [1.82, 2.24) is 0 Å². The van der Waals surface area contributed by atoms with Crippen LogP contribution in [0.15, 0.2) is 18.2 Å². The smallest absolute Gasteiger partial charge is 0.240 e. The Labute approximate surface area is 103 Å². The van der Waals surface area contributed by atoms with Crippen LogP contribution in [0.25, 0.3) is 0 Å². The molecule has 0 aliphatic heterocycles. The first-order valence-corrected chi connectivity index (χ1v) is 4.74. The molecule has 0 amide bonds. The minimum atomic E-state index is -2.43. The number of hydrogen-bond acceptors (Lipinski definition) is 1. The Hall–Kier alpha value is -0.0900. The van der Waals surface area contributed by atoms with Crippen LogP contribution in [0.5, 0.6) is 0 Å². The fourth-order valence-electron chi connectivity index (χ4n) is 1.12. The molecule has 0 heterocycles. The monoisotopic (exact) mass is 275 g/mol. The number of nitrogens with two attached hydrogens (primary N) is 1. The maximum atomic E-state index is 12.0. The van der Waals surface area contributed by atoms with Crippen molar-refractivity contribution >= 4 is 35.6 Å². The van der Waals surface area contributed by atoms with Gasteiger partial charge < -0.3 is 5.73 Å². The lowest BCUT2D eigenvalue weighted by molar-refractivity contribution is 0.128. The van der Waals surface area contributed by atoms with Gasteiger partial charge in [0.05, 0.1) is 0 Å². The van der Waals surface area contributed by atoms with Gasteiger partial charge in [-0.05, 0) is 23.8 Å². The molecular weight excluding hydrogens is 266 g/mol. The van der Waals surface area contributed by atoms with Crippen LogP contribution in [0.4, 0.5) is 8.78 Å². The highest BCUT2D eigenvalue weighted by molar-refractivity contribution is 6.34. The van der Waals surface area contributed by atoms with Crippen molar-refractivity contribution in [3.8, 4) is 0 Å². The van der Waals surface area contributed by atoms with Crippen molar-refractivity contribution in [3.63, 3.8) is 0 Å². The summed E-state index contributed by atoms with van der Waals surface area (Å²) in [4.78, 5) is 0. The molecule has 1 rings (SSSR count). The second-order valence-corrected chi connectivity index (χ2v) is 3.81. The summed E-state index contributed by atoms with van der Waals surface area (Å²) in [6.07, 6.45) is -2.82. The lowest BCUT2D eigenvalue weighted by atomic mass is 10.1. The fourth-order valence-corrected chi connectivity index (χ4v) is 1.66. The molecule has 0 aromatic heterocycles. The number of alkyl halides is 2. The molecule has 2 N–H and O–H groups in total. The van der Waals surface area contributed by atoms with Gasteiger partial charge in [-0.2, -0.15) is 0 Å². The maximum absolute atomic E-state index is 12.0. The highest BCUT2D eigenvalue weighted by Crippen LogP contribution is 2.25. The molecule has 0 radical (unpaired) electrons. The molecule has 1 aromatic carbocycles. The quantitative estimate of drug-likeness (QED) is 0.885. The summed E-state index contributed by atoms with van der Waals surface area (Å²) in [5, 5.41) is 0.800. The van der Waals surface area contributed by atoms with Gasteiger partial charge in [0.15, 0.2) is 0 Å². The molecule has 0 bridgehead atoms. The molecular formula is C9H10Cl3F2N. The number of benzene rings is 1. The molecule has 0 spiro atoms. The Morgan fingerprint density at radius 3 is 2.00 bits per heavy atom. The average Bonchev–Trinajstić information content (AvgIpc) is 2.00. The summed E-state index contributed by atoms with van der Waals surface area (Å²) < 4.78 is 24.1. The minimum Gasteiger partial charge on any atom is -0.324 e. The van der Waals surface area contributed by atoms with Gasteiger partial charge in [0, 0.05) is 22.5 Å². The van der Waals surface area contributed by atoms with Crippen molar-refractivity contribution in [1.29, 1.82) is 0 Å². The standard InChI is InChI=1S/C9H9Cl2F2N.ClH/c10-6-1-5(2-7(11)3-6)8(14)4-9(12)13;/h1-3,8-9H,4,14H2;1H/t8-;/m1./s1. The second-order valence-electron chi connectivity index (χ2n) is 2.94. The minimum absolute atomic E-state index is 0. The Morgan fingerprint density at radius 1 is 1.13 bits per heavy atom. The first-order chi connectivity index (χ1) is 6.49. The zero-order valence-corrected chi connectivity index (χ0v) is 9.92. The lowest BCUT2D eigenvalue weighted by Gasteiger charge is -2.11. The van der Waals surface area contributed by atoms with E-state index in [-0.39, 0.29) is 12.4 Å². The summed E-state index contributed by atoms with van der Waals surface area (Å²) in [7, 11) is 0. The maximum Gasteiger partial charge on any atom is 0.240 e. The summed E-state index contributed by atoms with van der Waals surface area (Å²) in [5.74, 6) is 0. The Morgan fingerprint density at radius 2 is 1.60 bits per heavy atom. The van der Waals surface area contributed by atoms with Gasteiger partial charge in [-0.3, -0.25) is 0 Å². The van der Waals surface area contributed by atoms with E-state index in [0.717, 1.165) is 0 Å². The third-order valence-electron chi connectivity index (χ3n) is 1.75. The third-order valence-corrected chi connectivity index (χ3v) is 2.18. The van der Waals surface area contributed by atoms with E-state index >= 15 is 0 Å². The molecule has 0 saturated heterocycles. The molecule has 6 heteroatoms. The van der Waals surface area contributed by atoms with Crippen LogP contribution in [-0.2, 0) is 0 Å². The lowest BCUT2D eigenvalue weighted by Crippen LogP contribution is -2.13. The summed E-state index contributed by atoms with van der Waals surface area (Å²) >= 11 is 11.4. The first-order valence-electron chi connectivity index (χ1n) is 3.98. The largest absolute Gasteiger partial charge is 0.324 e. The SMILES string of the molecule is Cl.N[C@H](CC(F)F)c1cc(Cl)cc(Cl)c1. The van der Waals surface area contributed by atoms with E-state index in [4.69, 9.17) is 28.9 Å². The molecule has 1 atom stereocenters. The Kier molecular flexibility index (Phi) is 6.44. The van der Waals surface area contributed by atoms with Crippen LogP contribution in [0.3, 0.4) is 0 Å². The number of rotatable bonds is 3. The second kappa shape index (κ2) is 6.48. The highest BCUT2D eigenvalue weighted by Gasteiger charge is 2.13. The van der Waals surface area contributed by atoms with E-state index in [9.17, 15) is 8.78 Å². The molecule has 0 fully saturated rings. The van der Waals surface area contributed by atoms with Gasteiger partial charge in [-0.15, -0.1) is 12.4 Å². The average molecular weight is 277 g/mol. The van der Waals surface area contributed by atoms with Gasteiger partial charge in [0.1, 0.15) is 0 Å². The first kappa shape index (κ1) is 14.9. The predicted octanol–water partition coefficient (Wildman–Crippen LogP) is 4.07. The van der Waals surface area contributed by atoms with Crippen molar-refractivity contribution < 1.29 is 8.78 Å². The van der Waals surface area contributed by atoms with Gasteiger partial charge in [0.2, 0.25) is 6.43 Å². The normalized spacial score (nSPS) is 12.4. The van der Waals surface area contributed by atoms with E-state index in [1.165, 1.54) is 6.07 Å². The molecule has 1 aromatic rings. The van der Waals surface area contributed by atoms with Crippen molar-refractivity contribution in [2.24, 2.45) is 5.73 Å². The topological polar surface area (TPSA) is 26.0 Å². The summed E-state index contributed by atoms with van der Waals surface area (Å²) in [6.45, 7) is 0. The fraction of sp³-hybridized carbons (Fsp3) is 0.333. The van der Waals surface area contributed by atoms with E-state index in [1.54, 1.807) is 12.1 Å². The number of halogens is 5. The molecule has 0 aliphatic carbocycles. The van der Waals surface area contributed by atoms with Crippen LogP contribution in [0.2, 0.25) is 10.0 Å². The highest BCUT2D eigenvalue weighted by atomic mass is 35.5. The zero-order chi connectivity index (χ0) is 10.7. The van der Waals surface area contributed by atoms with Gasteiger partial charge in [-0.1, -0.05) is 23.2 Å². The summed E-state index contributed by atoms with van der Waals surface area (Å²) in [6, 6.07) is 3.88. The molecule has 15 heavy (non-hydrogen) atoms. The van der Waals surface area contributed by atoms with E-state index in [0.29, 0.717) is 15.6 Å².